The number of halogens is 2. The van der Waals surface area contributed by atoms with Crippen LogP contribution in [-0.4, -0.2) is 10.2 Å². The first-order valence-electron chi connectivity index (χ1n) is 2.53. The number of nitrogens with zero attached hydrogens (tertiary/aromatic N) is 1. The Balaban J connectivity index is 3.28. The van der Waals surface area contributed by atoms with Crippen molar-refractivity contribution in [1.29, 1.82) is 0 Å². The summed E-state index contributed by atoms with van der Waals surface area (Å²) in [5.41, 5.74) is 0.145. The lowest BCUT2D eigenvalue weighted by atomic mass is 10.3. The molecule has 0 aliphatic rings. The molecule has 0 aliphatic carbocycles. The second kappa shape index (κ2) is 3.03. The third-order valence-corrected chi connectivity index (χ3v) is 1.71. The minimum Gasteiger partial charge on any atom is -0.266 e. The standard InChI is InChI=1S/C5H4Cl2N2O/c6-1-3-2-8-9-5(10)4(3)7/h2H,1H2,(H,9,10). The smallest absolute Gasteiger partial charge is 0.266 e. The quantitative estimate of drug-likeness (QED) is 0.657. The number of hydrogen-bond acceptors (Lipinski definition) is 2. The van der Waals surface area contributed by atoms with E-state index in [4.69, 9.17) is 23.2 Å². The lowest BCUT2D eigenvalue weighted by Gasteiger charge is -1.93. The van der Waals surface area contributed by atoms with E-state index in [-0.39, 0.29) is 10.9 Å². The number of aromatic amines is 1. The lowest BCUT2D eigenvalue weighted by molar-refractivity contribution is 0.970. The molecular formula is C5H4Cl2N2O. The lowest BCUT2D eigenvalue weighted by Crippen LogP contribution is -2.09. The summed E-state index contributed by atoms with van der Waals surface area (Å²) in [6.07, 6.45) is 1.43. The summed E-state index contributed by atoms with van der Waals surface area (Å²) in [6.45, 7) is 0. The number of alkyl halides is 1. The van der Waals surface area contributed by atoms with E-state index in [0.29, 0.717) is 5.56 Å². The molecule has 1 N–H and O–H groups in total. The minimum atomic E-state index is -0.403. The predicted octanol–water partition coefficient (Wildman–Crippen LogP) is 1.16. The van der Waals surface area contributed by atoms with Crippen LogP contribution >= 0.6 is 23.2 Å². The fourth-order valence-corrected chi connectivity index (χ4v) is 0.942. The van der Waals surface area contributed by atoms with Crippen LogP contribution in [0.25, 0.3) is 0 Å². The van der Waals surface area contributed by atoms with Crippen LogP contribution in [0.5, 0.6) is 0 Å². The third kappa shape index (κ3) is 1.30. The highest BCUT2D eigenvalue weighted by Crippen LogP contribution is 2.09. The molecule has 1 aromatic heterocycles. The molecule has 0 aliphatic heterocycles. The highest BCUT2D eigenvalue weighted by molar-refractivity contribution is 6.32. The molecular weight excluding hydrogens is 175 g/mol. The van der Waals surface area contributed by atoms with Crippen LogP contribution in [0.1, 0.15) is 5.56 Å². The van der Waals surface area contributed by atoms with Crippen LogP contribution in [-0.2, 0) is 5.88 Å². The first-order chi connectivity index (χ1) is 4.75. The molecule has 0 radical (unpaired) electrons. The summed E-state index contributed by atoms with van der Waals surface area (Å²) in [5, 5.41) is 5.80. The van der Waals surface area contributed by atoms with Gasteiger partial charge in [-0.3, -0.25) is 4.79 Å². The number of nitrogens with one attached hydrogen (secondary N) is 1. The first-order valence-corrected chi connectivity index (χ1v) is 3.45. The molecule has 0 atom stereocenters. The van der Waals surface area contributed by atoms with Gasteiger partial charge in [-0.2, -0.15) is 5.10 Å². The summed E-state index contributed by atoms with van der Waals surface area (Å²) in [4.78, 5) is 10.7. The second-order valence-electron chi connectivity index (χ2n) is 1.67. The molecule has 1 heterocycles. The Morgan fingerprint density at radius 2 is 2.40 bits per heavy atom. The van der Waals surface area contributed by atoms with E-state index >= 15 is 0 Å². The minimum absolute atomic E-state index is 0.116. The normalized spacial score (nSPS) is 9.80. The Hall–Kier alpha value is -0.540. The molecule has 10 heavy (non-hydrogen) atoms. The number of aromatic nitrogens is 2. The summed E-state index contributed by atoms with van der Waals surface area (Å²) >= 11 is 11.0. The van der Waals surface area contributed by atoms with E-state index in [1.807, 2.05) is 0 Å². The molecule has 0 unspecified atom stereocenters. The highest BCUT2D eigenvalue weighted by Gasteiger charge is 2.01. The molecule has 3 nitrogen and oxygen atoms in total. The van der Waals surface area contributed by atoms with Gasteiger partial charge < -0.3 is 0 Å². The monoisotopic (exact) mass is 178 g/mol. The van der Waals surface area contributed by atoms with Crippen molar-refractivity contribution in [2.24, 2.45) is 0 Å². The SMILES string of the molecule is O=c1[nH]ncc(CCl)c1Cl. The molecule has 0 fully saturated rings. The van der Waals surface area contributed by atoms with Gasteiger partial charge in [-0.1, -0.05) is 11.6 Å². The Kier molecular flexibility index (Phi) is 2.29. The molecule has 54 valence electrons. The van der Waals surface area contributed by atoms with Crippen LogP contribution in [0, 0.1) is 0 Å². The fraction of sp³-hybridized carbons (Fsp3) is 0.200. The van der Waals surface area contributed by atoms with Gasteiger partial charge in [0, 0.05) is 5.56 Å². The summed E-state index contributed by atoms with van der Waals surface area (Å²) < 4.78 is 0. The molecule has 0 saturated carbocycles. The van der Waals surface area contributed by atoms with E-state index < -0.39 is 5.56 Å². The van der Waals surface area contributed by atoms with Crippen molar-refractivity contribution in [3.05, 3.63) is 27.1 Å². The van der Waals surface area contributed by atoms with Crippen molar-refractivity contribution in [3.63, 3.8) is 0 Å². The van der Waals surface area contributed by atoms with Gasteiger partial charge in [0.15, 0.2) is 0 Å². The molecule has 1 aromatic rings. The Bertz CT molecular complexity index is 283. The Labute approximate surface area is 67.0 Å². The fourth-order valence-electron chi connectivity index (χ4n) is 0.514. The highest BCUT2D eigenvalue weighted by atomic mass is 35.5. The zero-order valence-electron chi connectivity index (χ0n) is 4.90. The molecule has 1 rings (SSSR count). The zero-order chi connectivity index (χ0) is 7.56. The summed E-state index contributed by atoms with van der Waals surface area (Å²) in [5.74, 6) is 0.204. The average Bonchev–Trinajstić information content (AvgIpc) is 1.95. The van der Waals surface area contributed by atoms with Gasteiger partial charge in [-0.05, 0) is 0 Å². The van der Waals surface area contributed by atoms with Crippen LogP contribution < -0.4 is 5.56 Å². The van der Waals surface area contributed by atoms with Crippen molar-refractivity contribution < 1.29 is 0 Å². The average molecular weight is 179 g/mol. The topological polar surface area (TPSA) is 45.8 Å². The maximum Gasteiger partial charge on any atom is 0.283 e. The number of H-pyrrole nitrogens is 1. The zero-order valence-corrected chi connectivity index (χ0v) is 6.41. The maximum absolute atomic E-state index is 10.7. The van der Waals surface area contributed by atoms with Crippen LogP contribution in [0.3, 0.4) is 0 Å². The van der Waals surface area contributed by atoms with Crippen molar-refractivity contribution in [2.75, 3.05) is 0 Å². The van der Waals surface area contributed by atoms with Crippen LogP contribution in [0.15, 0.2) is 11.0 Å². The van der Waals surface area contributed by atoms with Crippen molar-refractivity contribution >= 4 is 23.2 Å². The molecule has 0 amide bonds. The molecule has 0 aromatic carbocycles. The van der Waals surface area contributed by atoms with E-state index in [2.05, 4.69) is 10.2 Å². The number of rotatable bonds is 1. The molecule has 5 heteroatoms. The third-order valence-electron chi connectivity index (χ3n) is 1.01. The van der Waals surface area contributed by atoms with E-state index in [1.165, 1.54) is 6.20 Å². The van der Waals surface area contributed by atoms with Crippen LogP contribution in [0.2, 0.25) is 5.02 Å². The van der Waals surface area contributed by atoms with Gasteiger partial charge >= 0.3 is 0 Å². The van der Waals surface area contributed by atoms with Crippen molar-refractivity contribution in [3.8, 4) is 0 Å². The molecule has 0 bridgehead atoms. The molecule has 0 spiro atoms. The summed E-state index contributed by atoms with van der Waals surface area (Å²) in [7, 11) is 0. The van der Waals surface area contributed by atoms with E-state index in [0.717, 1.165) is 0 Å². The predicted molar refractivity (Wildman–Crippen MR) is 39.4 cm³/mol. The van der Waals surface area contributed by atoms with Crippen LogP contribution in [0.4, 0.5) is 0 Å². The van der Waals surface area contributed by atoms with Crippen molar-refractivity contribution in [1.82, 2.24) is 10.2 Å². The van der Waals surface area contributed by atoms with E-state index in [1.54, 1.807) is 0 Å². The second-order valence-corrected chi connectivity index (χ2v) is 2.32. The Morgan fingerprint density at radius 3 is 2.90 bits per heavy atom. The van der Waals surface area contributed by atoms with Gasteiger partial charge in [0.05, 0.1) is 12.1 Å². The number of hydrogen-bond donors (Lipinski definition) is 1. The van der Waals surface area contributed by atoms with Gasteiger partial charge in [0.25, 0.3) is 5.56 Å². The van der Waals surface area contributed by atoms with Crippen molar-refractivity contribution in [2.45, 2.75) is 5.88 Å². The first kappa shape index (κ1) is 7.57. The maximum atomic E-state index is 10.7. The Morgan fingerprint density at radius 1 is 1.70 bits per heavy atom. The molecule has 0 saturated heterocycles. The summed E-state index contributed by atoms with van der Waals surface area (Å²) in [6, 6.07) is 0. The van der Waals surface area contributed by atoms with E-state index in [9.17, 15) is 4.79 Å². The van der Waals surface area contributed by atoms with Gasteiger partial charge in [-0.15, -0.1) is 11.6 Å². The van der Waals surface area contributed by atoms with Gasteiger partial charge in [0.2, 0.25) is 0 Å². The largest absolute Gasteiger partial charge is 0.283 e. The van der Waals surface area contributed by atoms with Gasteiger partial charge in [-0.25, -0.2) is 5.10 Å². The van der Waals surface area contributed by atoms with Gasteiger partial charge in [0.1, 0.15) is 5.02 Å².